The first-order valence-electron chi connectivity index (χ1n) is 6.02. The molecule has 0 radical (unpaired) electrons. The average Bonchev–Trinajstić information content (AvgIpc) is 2.68. The standard InChI is InChI=1S/C13H18O5/c1-3-8-18-12(16)13(6-4-5-11(13)15)7-9-17-10(2)14/h3,8H,4-7,9H2,1-2H3. The van der Waals surface area contributed by atoms with E-state index in [2.05, 4.69) is 0 Å². The Bertz CT molecular complexity index is 372. The molecule has 0 aromatic rings. The highest BCUT2D eigenvalue weighted by Crippen LogP contribution is 2.39. The molecule has 1 atom stereocenters. The number of allylic oxidation sites excluding steroid dienone is 1. The second-order valence-corrected chi connectivity index (χ2v) is 4.32. The van der Waals surface area contributed by atoms with Crippen molar-refractivity contribution in [2.24, 2.45) is 5.41 Å². The highest BCUT2D eigenvalue weighted by molar-refractivity contribution is 6.05. The molecule has 0 saturated heterocycles. The summed E-state index contributed by atoms with van der Waals surface area (Å²) in [7, 11) is 0. The molecule has 100 valence electrons. The van der Waals surface area contributed by atoms with Crippen LogP contribution in [0.15, 0.2) is 12.3 Å². The van der Waals surface area contributed by atoms with E-state index in [0.29, 0.717) is 19.3 Å². The van der Waals surface area contributed by atoms with Gasteiger partial charge in [0.15, 0.2) is 0 Å². The van der Waals surface area contributed by atoms with E-state index < -0.39 is 17.4 Å². The summed E-state index contributed by atoms with van der Waals surface area (Å²) in [6, 6.07) is 0. The fraction of sp³-hybridized carbons (Fsp3) is 0.615. The number of ether oxygens (including phenoxy) is 2. The van der Waals surface area contributed by atoms with Gasteiger partial charge in [-0.25, -0.2) is 0 Å². The molecular weight excluding hydrogens is 236 g/mol. The van der Waals surface area contributed by atoms with Crippen molar-refractivity contribution in [3.63, 3.8) is 0 Å². The summed E-state index contributed by atoms with van der Waals surface area (Å²) in [5, 5.41) is 0. The van der Waals surface area contributed by atoms with Crippen molar-refractivity contribution < 1.29 is 23.9 Å². The van der Waals surface area contributed by atoms with E-state index in [4.69, 9.17) is 9.47 Å². The molecule has 0 heterocycles. The second-order valence-electron chi connectivity index (χ2n) is 4.32. The molecule has 1 aliphatic rings. The van der Waals surface area contributed by atoms with Crippen LogP contribution < -0.4 is 0 Å². The van der Waals surface area contributed by atoms with Crippen molar-refractivity contribution >= 4 is 17.7 Å². The topological polar surface area (TPSA) is 69.7 Å². The Morgan fingerprint density at radius 1 is 1.44 bits per heavy atom. The van der Waals surface area contributed by atoms with Gasteiger partial charge < -0.3 is 9.47 Å². The van der Waals surface area contributed by atoms with Crippen LogP contribution in [0.3, 0.4) is 0 Å². The third kappa shape index (κ3) is 3.18. The highest BCUT2D eigenvalue weighted by Gasteiger charge is 2.49. The Balaban J connectivity index is 2.73. The first kappa shape index (κ1) is 14.4. The Morgan fingerprint density at radius 3 is 2.67 bits per heavy atom. The van der Waals surface area contributed by atoms with Crippen LogP contribution in [-0.4, -0.2) is 24.3 Å². The monoisotopic (exact) mass is 254 g/mol. The molecule has 1 fully saturated rings. The van der Waals surface area contributed by atoms with Crippen LogP contribution in [-0.2, 0) is 23.9 Å². The summed E-state index contributed by atoms with van der Waals surface area (Å²) in [4.78, 5) is 34.6. The zero-order chi connectivity index (χ0) is 13.6. The molecule has 1 aliphatic carbocycles. The normalized spacial score (nSPS) is 23.3. The van der Waals surface area contributed by atoms with Crippen molar-refractivity contribution in [3.8, 4) is 0 Å². The van der Waals surface area contributed by atoms with Crippen LogP contribution in [0.4, 0.5) is 0 Å². The van der Waals surface area contributed by atoms with Crippen molar-refractivity contribution in [2.75, 3.05) is 6.61 Å². The minimum atomic E-state index is -1.13. The van der Waals surface area contributed by atoms with Crippen molar-refractivity contribution in [2.45, 2.75) is 39.5 Å². The van der Waals surface area contributed by atoms with E-state index in [0.717, 1.165) is 0 Å². The number of carbonyl (C=O) groups excluding carboxylic acids is 3. The highest BCUT2D eigenvalue weighted by atomic mass is 16.5. The molecule has 0 aliphatic heterocycles. The molecule has 1 saturated carbocycles. The average molecular weight is 254 g/mol. The van der Waals surface area contributed by atoms with Crippen LogP contribution in [0.25, 0.3) is 0 Å². The lowest BCUT2D eigenvalue weighted by molar-refractivity contribution is -0.157. The van der Waals surface area contributed by atoms with Gasteiger partial charge in [-0.3, -0.25) is 14.4 Å². The van der Waals surface area contributed by atoms with Crippen molar-refractivity contribution in [3.05, 3.63) is 12.3 Å². The first-order chi connectivity index (χ1) is 8.53. The van der Waals surface area contributed by atoms with E-state index in [1.54, 1.807) is 13.0 Å². The Kier molecular flexibility index (Phi) is 5.07. The maximum atomic E-state index is 12.0. The van der Waals surface area contributed by atoms with E-state index in [9.17, 15) is 14.4 Å². The summed E-state index contributed by atoms with van der Waals surface area (Å²) >= 11 is 0. The van der Waals surface area contributed by atoms with Gasteiger partial charge in [-0.15, -0.1) is 0 Å². The number of hydrogen-bond donors (Lipinski definition) is 0. The van der Waals surface area contributed by atoms with Crippen molar-refractivity contribution in [1.29, 1.82) is 0 Å². The molecule has 18 heavy (non-hydrogen) atoms. The molecule has 0 spiro atoms. The van der Waals surface area contributed by atoms with Gasteiger partial charge >= 0.3 is 11.9 Å². The zero-order valence-corrected chi connectivity index (χ0v) is 10.7. The summed E-state index contributed by atoms with van der Waals surface area (Å²) in [6.45, 7) is 3.07. The van der Waals surface area contributed by atoms with Crippen LogP contribution in [0.1, 0.15) is 39.5 Å². The Labute approximate surface area is 106 Å². The van der Waals surface area contributed by atoms with Gasteiger partial charge in [0, 0.05) is 19.8 Å². The second kappa shape index (κ2) is 6.33. The maximum Gasteiger partial charge on any atom is 0.324 e. The number of esters is 2. The predicted molar refractivity (Wildman–Crippen MR) is 63.4 cm³/mol. The van der Waals surface area contributed by atoms with Gasteiger partial charge in [-0.05, 0) is 19.8 Å². The van der Waals surface area contributed by atoms with E-state index in [1.807, 2.05) is 0 Å². The van der Waals surface area contributed by atoms with E-state index in [1.165, 1.54) is 13.2 Å². The van der Waals surface area contributed by atoms with Gasteiger partial charge in [-0.1, -0.05) is 6.08 Å². The summed E-state index contributed by atoms with van der Waals surface area (Å²) in [6.07, 6.45) is 4.55. The Hall–Kier alpha value is -1.65. The number of hydrogen-bond acceptors (Lipinski definition) is 5. The van der Waals surface area contributed by atoms with Crippen LogP contribution in [0.5, 0.6) is 0 Å². The molecule has 0 N–H and O–H groups in total. The molecule has 0 bridgehead atoms. The quantitative estimate of drug-likeness (QED) is 0.424. The lowest BCUT2D eigenvalue weighted by Gasteiger charge is -2.23. The molecule has 0 aromatic heterocycles. The lowest BCUT2D eigenvalue weighted by Crippen LogP contribution is -2.37. The van der Waals surface area contributed by atoms with Crippen LogP contribution in [0, 0.1) is 5.41 Å². The number of carbonyl (C=O) groups is 3. The van der Waals surface area contributed by atoms with Crippen LogP contribution >= 0.6 is 0 Å². The third-order valence-electron chi connectivity index (χ3n) is 3.08. The lowest BCUT2D eigenvalue weighted by atomic mass is 9.82. The van der Waals surface area contributed by atoms with Crippen molar-refractivity contribution in [1.82, 2.24) is 0 Å². The molecule has 1 unspecified atom stereocenters. The van der Waals surface area contributed by atoms with Gasteiger partial charge in [0.2, 0.25) is 0 Å². The largest absolute Gasteiger partial charge is 0.466 e. The number of Topliss-reactive ketones (excluding diaryl/α,β-unsaturated/α-hetero) is 1. The third-order valence-corrected chi connectivity index (χ3v) is 3.08. The molecule has 1 rings (SSSR count). The van der Waals surface area contributed by atoms with Gasteiger partial charge in [-0.2, -0.15) is 0 Å². The summed E-state index contributed by atoms with van der Waals surface area (Å²) < 4.78 is 9.74. The number of rotatable bonds is 5. The molecule has 5 nitrogen and oxygen atoms in total. The molecular formula is C13H18O5. The van der Waals surface area contributed by atoms with Gasteiger partial charge in [0.1, 0.15) is 11.2 Å². The Morgan fingerprint density at radius 2 is 2.17 bits per heavy atom. The predicted octanol–water partition coefficient (Wildman–Crippen LogP) is 1.76. The minimum absolute atomic E-state index is 0.0615. The molecule has 0 amide bonds. The maximum absolute atomic E-state index is 12.0. The SMILES string of the molecule is CC=COC(=O)C1(CCOC(C)=O)CCCC1=O. The fourth-order valence-electron chi connectivity index (χ4n) is 2.12. The van der Waals surface area contributed by atoms with Gasteiger partial charge in [0.25, 0.3) is 0 Å². The smallest absolute Gasteiger partial charge is 0.324 e. The number of ketones is 1. The summed E-state index contributed by atoms with van der Waals surface area (Å²) in [5.41, 5.74) is -1.13. The van der Waals surface area contributed by atoms with E-state index in [-0.39, 0.29) is 18.8 Å². The van der Waals surface area contributed by atoms with Crippen LogP contribution in [0.2, 0.25) is 0 Å². The van der Waals surface area contributed by atoms with Gasteiger partial charge in [0.05, 0.1) is 12.9 Å². The zero-order valence-electron chi connectivity index (χ0n) is 10.7. The minimum Gasteiger partial charge on any atom is -0.466 e. The first-order valence-corrected chi connectivity index (χ1v) is 6.02. The summed E-state index contributed by atoms with van der Waals surface area (Å²) in [5.74, 6) is -1.09. The molecule has 0 aromatic carbocycles. The van der Waals surface area contributed by atoms with E-state index >= 15 is 0 Å². The fourth-order valence-corrected chi connectivity index (χ4v) is 2.12. The molecule has 5 heteroatoms.